The van der Waals surface area contributed by atoms with E-state index in [-0.39, 0.29) is 11.4 Å². The van der Waals surface area contributed by atoms with Crippen LogP contribution in [0.3, 0.4) is 0 Å². The monoisotopic (exact) mass is 214 g/mol. The summed E-state index contributed by atoms with van der Waals surface area (Å²) in [6.07, 6.45) is 7.65. The lowest BCUT2D eigenvalue weighted by Gasteiger charge is -2.28. The van der Waals surface area contributed by atoms with E-state index in [1.165, 1.54) is 32.8 Å². The van der Waals surface area contributed by atoms with E-state index in [9.17, 15) is 4.79 Å². The van der Waals surface area contributed by atoms with Gasteiger partial charge < -0.3 is 4.74 Å². The van der Waals surface area contributed by atoms with Crippen LogP contribution >= 0.6 is 0 Å². The molecule has 0 aromatic rings. The van der Waals surface area contributed by atoms with Crippen LogP contribution in [-0.4, -0.2) is 13.1 Å². The highest BCUT2D eigenvalue weighted by atomic mass is 16.5. The van der Waals surface area contributed by atoms with Gasteiger partial charge in [-0.15, -0.1) is 0 Å². The van der Waals surface area contributed by atoms with Crippen LogP contribution in [0.1, 0.15) is 65.7 Å². The van der Waals surface area contributed by atoms with Crippen molar-refractivity contribution in [3.63, 3.8) is 0 Å². The van der Waals surface area contributed by atoms with Gasteiger partial charge in [0.15, 0.2) is 0 Å². The summed E-state index contributed by atoms with van der Waals surface area (Å²) in [5.74, 6) is -0.0651. The van der Waals surface area contributed by atoms with Gasteiger partial charge in [0, 0.05) is 0 Å². The van der Waals surface area contributed by atoms with Gasteiger partial charge in [-0.2, -0.15) is 0 Å². The van der Waals surface area contributed by atoms with E-state index in [2.05, 4.69) is 20.8 Å². The Kier molecular flexibility index (Phi) is 7.45. The minimum absolute atomic E-state index is 0.0651. The molecule has 0 aliphatic carbocycles. The molecular formula is C13H26O2. The van der Waals surface area contributed by atoms with Crippen LogP contribution in [-0.2, 0) is 9.53 Å². The average Bonchev–Trinajstić information content (AvgIpc) is 2.23. The Balaban J connectivity index is 4.18. The summed E-state index contributed by atoms with van der Waals surface area (Å²) < 4.78 is 4.77. The van der Waals surface area contributed by atoms with Crippen molar-refractivity contribution in [2.75, 3.05) is 7.11 Å². The summed E-state index contributed by atoms with van der Waals surface area (Å²) in [7, 11) is 1.47. The van der Waals surface area contributed by atoms with Crippen LogP contribution in [0.5, 0.6) is 0 Å². The fraction of sp³-hybridized carbons (Fsp3) is 0.923. The lowest BCUT2D eigenvalue weighted by Crippen LogP contribution is -2.22. The Bertz CT molecular complexity index is 167. The average molecular weight is 214 g/mol. The minimum atomic E-state index is -0.0651. The second-order valence-electron chi connectivity index (χ2n) is 4.77. The van der Waals surface area contributed by atoms with Gasteiger partial charge in [-0.05, 0) is 18.3 Å². The van der Waals surface area contributed by atoms with Crippen molar-refractivity contribution in [1.82, 2.24) is 0 Å². The number of hydrogen-bond donors (Lipinski definition) is 0. The highest BCUT2D eigenvalue weighted by Gasteiger charge is 2.26. The lowest BCUT2D eigenvalue weighted by molar-refractivity contribution is -0.143. The van der Waals surface area contributed by atoms with E-state index >= 15 is 0 Å². The quantitative estimate of drug-likeness (QED) is 0.572. The SMILES string of the molecule is CCCCC(C)(CCCC)CC(=O)OC. The van der Waals surface area contributed by atoms with Crippen LogP contribution in [0, 0.1) is 5.41 Å². The molecule has 0 N–H and O–H groups in total. The molecule has 0 aromatic carbocycles. The zero-order valence-corrected chi connectivity index (χ0v) is 10.8. The first-order valence-corrected chi connectivity index (χ1v) is 6.14. The number of hydrogen-bond acceptors (Lipinski definition) is 2. The lowest BCUT2D eigenvalue weighted by atomic mass is 9.77. The fourth-order valence-corrected chi connectivity index (χ4v) is 1.93. The van der Waals surface area contributed by atoms with E-state index < -0.39 is 0 Å². The summed E-state index contributed by atoms with van der Waals surface area (Å²) >= 11 is 0. The van der Waals surface area contributed by atoms with Crippen LogP contribution in [0.4, 0.5) is 0 Å². The highest BCUT2D eigenvalue weighted by Crippen LogP contribution is 2.34. The Morgan fingerprint density at radius 1 is 1.13 bits per heavy atom. The third kappa shape index (κ3) is 6.53. The van der Waals surface area contributed by atoms with E-state index in [0.29, 0.717) is 6.42 Å². The van der Waals surface area contributed by atoms with Crippen LogP contribution in [0.25, 0.3) is 0 Å². The summed E-state index contributed by atoms with van der Waals surface area (Å²) in [6.45, 7) is 6.60. The minimum Gasteiger partial charge on any atom is -0.469 e. The molecule has 0 aliphatic heterocycles. The van der Waals surface area contributed by atoms with Crippen molar-refractivity contribution in [3.05, 3.63) is 0 Å². The number of rotatable bonds is 8. The van der Waals surface area contributed by atoms with Gasteiger partial charge in [0.1, 0.15) is 0 Å². The van der Waals surface area contributed by atoms with Gasteiger partial charge in [-0.1, -0.05) is 46.5 Å². The molecule has 90 valence electrons. The first kappa shape index (κ1) is 14.5. The molecule has 2 nitrogen and oxygen atoms in total. The molecule has 0 rings (SSSR count). The predicted molar refractivity (Wildman–Crippen MR) is 63.8 cm³/mol. The molecule has 0 saturated carbocycles. The van der Waals surface area contributed by atoms with Crippen molar-refractivity contribution in [2.24, 2.45) is 5.41 Å². The van der Waals surface area contributed by atoms with Crippen molar-refractivity contribution in [2.45, 2.75) is 65.7 Å². The van der Waals surface area contributed by atoms with E-state index in [4.69, 9.17) is 4.74 Å². The molecule has 2 heteroatoms. The predicted octanol–water partition coefficient (Wildman–Crippen LogP) is 3.94. The second-order valence-corrected chi connectivity index (χ2v) is 4.77. The normalized spacial score (nSPS) is 11.5. The number of unbranched alkanes of at least 4 members (excludes halogenated alkanes) is 2. The number of ether oxygens (including phenoxy) is 1. The Hall–Kier alpha value is -0.530. The Morgan fingerprint density at radius 2 is 1.60 bits per heavy atom. The summed E-state index contributed by atoms with van der Waals surface area (Å²) in [5, 5.41) is 0. The Labute approximate surface area is 94.4 Å². The van der Waals surface area contributed by atoms with Gasteiger partial charge in [-0.25, -0.2) is 0 Å². The van der Waals surface area contributed by atoms with E-state index in [1.54, 1.807) is 0 Å². The zero-order valence-electron chi connectivity index (χ0n) is 10.8. The van der Waals surface area contributed by atoms with Crippen molar-refractivity contribution in [3.8, 4) is 0 Å². The van der Waals surface area contributed by atoms with Gasteiger partial charge in [-0.3, -0.25) is 4.79 Å². The smallest absolute Gasteiger partial charge is 0.306 e. The molecule has 0 fully saturated rings. The number of methoxy groups -OCH3 is 1. The number of carbonyl (C=O) groups is 1. The molecule has 0 radical (unpaired) electrons. The maximum atomic E-state index is 11.3. The summed E-state index contributed by atoms with van der Waals surface area (Å²) in [4.78, 5) is 11.3. The maximum Gasteiger partial charge on any atom is 0.306 e. The third-order valence-corrected chi connectivity index (χ3v) is 3.07. The molecule has 0 bridgehead atoms. The second kappa shape index (κ2) is 7.72. The largest absolute Gasteiger partial charge is 0.469 e. The molecule has 0 aliphatic rings. The molecule has 0 heterocycles. The van der Waals surface area contributed by atoms with Gasteiger partial charge in [0.05, 0.1) is 13.5 Å². The van der Waals surface area contributed by atoms with E-state index in [1.807, 2.05) is 0 Å². The molecule has 0 saturated heterocycles. The molecular weight excluding hydrogens is 188 g/mol. The summed E-state index contributed by atoms with van der Waals surface area (Å²) in [6, 6.07) is 0. The number of esters is 1. The summed E-state index contributed by atoms with van der Waals surface area (Å²) in [5.41, 5.74) is 0.152. The van der Waals surface area contributed by atoms with Crippen molar-refractivity contribution < 1.29 is 9.53 Å². The molecule has 15 heavy (non-hydrogen) atoms. The third-order valence-electron chi connectivity index (χ3n) is 3.07. The van der Waals surface area contributed by atoms with E-state index in [0.717, 1.165) is 12.8 Å². The van der Waals surface area contributed by atoms with Crippen molar-refractivity contribution in [1.29, 1.82) is 0 Å². The number of carbonyl (C=O) groups excluding carboxylic acids is 1. The molecule has 0 unspecified atom stereocenters. The maximum absolute atomic E-state index is 11.3. The zero-order chi connectivity index (χ0) is 11.7. The first-order valence-electron chi connectivity index (χ1n) is 6.14. The Morgan fingerprint density at radius 3 is 1.93 bits per heavy atom. The molecule has 0 atom stereocenters. The van der Waals surface area contributed by atoms with Crippen LogP contribution < -0.4 is 0 Å². The van der Waals surface area contributed by atoms with Crippen LogP contribution in [0.2, 0.25) is 0 Å². The molecule has 0 amide bonds. The standard InChI is InChI=1S/C13H26O2/c1-5-7-9-13(3,10-8-6-2)11-12(14)15-4/h5-11H2,1-4H3. The molecule has 0 spiro atoms. The van der Waals surface area contributed by atoms with Gasteiger partial charge >= 0.3 is 5.97 Å². The topological polar surface area (TPSA) is 26.3 Å². The van der Waals surface area contributed by atoms with Crippen molar-refractivity contribution >= 4 is 5.97 Å². The fourth-order valence-electron chi connectivity index (χ4n) is 1.93. The van der Waals surface area contributed by atoms with Gasteiger partial charge in [0.2, 0.25) is 0 Å². The first-order chi connectivity index (χ1) is 7.08. The highest BCUT2D eigenvalue weighted by molar-refractivity contribution is 5.70. The van der Waals surface area contributed by atoms with Crippen LogP contribution in [0.15, 0.2) is 0 Å². The molecule has 0 aromatic heterocycles. The van der Waals surface area contributed by atoms with Gasteiger partial charge in [0.25, 0.3) is 0 Å².